The molecule has 0 bridgehead atoms. The Labute approximate surface area is 122 Å². The number of nitrogens with one attached hydrogen (secondary N) is 1. The van der Waals surface area contributed by atoms with Crippen molar-refractivity contribution in [1.29, 1.82) is 0 Å². The molecule has 1 aliphatic heterocycles. The van der Waals surface area contributed by atoms with Gasteiger partial charge in [0.25, 0.3) is 0 Å². The van der Waals surface area contributed by atoms with Crippen LogP contribution in [0.2, 0.25) is 0 Å². The molecular formula is C15H28N4O. The van der Waals surface area contributed by atoms with Gasteiger partial charge < -0.3 is 10.1 Å². The number of aryl methyl sites for hydroxylation is 1. The van der Waals surface area contributed by atoms with Gasteiger partial charge in [-0.25, -0.2) is 0 Å². The van der Waals surface area contributed by atoms with Crippen molar-refractivity contribution in [2.24, 2.45) is 7.05 Å². The van der Waals surface area contributed by atoms with E-state index in [0.717, 1.165) is 19.6 Å². The Balaban J connectivity index is 1.69. The molecule has 2 heterocycles. The van der Waals surface area contributed by atoms with Crippen LogP contribution in [0.5, 0.6) is 0 Å². The van der Waals surface area contributed by atoms with Gasteiger partial charge in [-0.1, -0.05) is 13.8 Å². The molecule has 1 aromatic rings. The third kappa shape index (κ3) is 4.89. The van der Waals surface area contributed by atoms with E-state index in [1.54, 1.807) is 0 Å². The highest BCUT2D eigenvalue weighted by atomic mass is 16.5. The minimum absolute atomic E-state index is 0.371. The summed E-state index contributed by atoms with van der Waals surface area (Å²) in [5.41, 5.74) is 1.26. The number of likely N-dealkylation sites (N-methyl/N-ethyl adjacent to an activating group) is 1. The molecule has 0 amide bonds. The molecule has 1 fully saturated rings. The van der Waals surface area contributed by atoms with E-state index >= 15 is 0 Å². The molecule has 5 heteroatoms. The predicted octanol–water partition coefficient (Wildman–Crippen LogP) is 1.40. The van der Waals surface area contributed by atoms with Crippen molar-refractivity contribution in [1.82, 2.24) is 20.0 Å². The normalized spacial score (nSPS) is 23.1. The highest BCUT2D eigenvalue weighted by molar-refractivity contribution is 5.03. The third-order valence-corrected chi connectivity index (χ3v) is 3.68. The monoisotopic (exact) mass is 280 g/mol. The van der Waals surface area contributed by atoms with E-state index < -0.39 is 0 Å². The Morgan fingerprint density at radius 3 is 2.85 bits per heavy atom. The smallest absolute Gasteiger partial charge is 0.0707 e. The van der Waals surface area contributed by atoms with Crippen LogP contribution in [-0.2, 0) is 18.3 Å². The van der Waals surface area contributed by atoms with Gasteiger partial charge in [0.05, 0.1) is 18.4 Å². The molecule has 0 aliphatic carbocycles. The Kier molecular flexibility index (Phi) is 5.57. The van der Waals surface area contributed by atoms with Crippen LogP contribution in [0.25, 0.3) is 0 Å². The topological polar surface area (TPSA) is 42.3 Å². The van der Waals surface area contributed by atoms with Gasteiger partial charge in [-0.2, -0.15) is 5.10 Å². The van der Waals surface area contributed by atoms with Crippen molar-refractivity contribution in [2.45, 2.75) is 51.5 Å². The molecule has 1 aromatic heterocycles. The molecule has 114 valence electrons. The number of hydrogen-bond acceptors (Lipinski definition) is 4. The third-order valence-electron chi connectivity index (χ3n) is 3.68. The average molecular weight is 280 g/mol. The lowest BCUT2D eigenvalue weighted by atomic mass is 10.2. The van der Waals surface area contributed by atoms with Gasteiger partial charge in [0.2, 0.25) is 0 Å². The maximum Gasteiger partial charge on any atom is 0.0707 e. The van der Waals surface area contributed by atoms with Gasteiger partial charge in [-0.05, 0) is 19.9 Å². The van der Waals surface area contributed by atoms with Gasteiger partial charge in [0.15, 0.2) is 0 Å². The second-order valence-corrected chi connectivity index (χ2v) is 6.24. The van der Waals surface area contributed by atoms with E-state index in [0.29, 0.717) is 18.2 Å². The first-order valence-corrected chi connectivity index (χ1v) is 7.58. The molecule has 20 heavy (non-hydrogen) atoms. The molecule has 5 nitrogen and oxygen atoms in total. The van der Waals surface area contributed by atoms with Gasteiger partial charge in [0, 0.05) is 44.5 Å². The molecule has 0 aromatic carbocycles. The van der Waals surface area contributed by atoms with Crippen LogP contribution in [0.3, 0.4) is 0 Å². The number of aromatic nitrogens is 2. The van der Waals surface area contributed by atoms with Crippen LogP contribution in [0.15, 0.2) is 12.4 Å². The molecule has 2 rings (SSSR count). The summed E-state index contributed by atoms with van der Waals surface area (Å²) in [5.74, 6) is 0. The van der Waals surface area contributed by atoms with E-state index in [4.69, 9.17) is 4.74 Å². The van der Waals surface area contributed by atoms with Crippen molar-refractivity contribution in [2.75, 3.05) is 20.1 Å². The zero-order valence-electron chi connectivity index (χ0n) is 13.2. The number of hydrogen-bond donors (Lipinski definition) is 1. The first-order chi connectivity index (χ1) is 9.52. The molecule has 0 spiro atoms. The number of rotatable bonds is 7. The van der Waals surface area contributed by atoms with Crippen LogP contribution in [0.1, 0.15) is 32.3 Å². The first kappa shape index (κ1) is 15.5. The molecule has 0 saturated carbocycles. The Morgan fingerprint density at radius 2 is 2.20 bits per heavy atom. The van der Waals surface area contributed by atoms with E-state index in [1.807, 2.05) is 17.9 Å². The molecular weight excluding hydrogens is 252 g/mol. The van der Waals surface area contributed by atoms with E-state index in [-0.39, 0.29) is 0 Å². The Bertz CT molecular complexity index is 404. The van der Waals surface area contributed by atoms with Gasteiger partial charge in [-0.15, -0.1) is 0 Å². The summed E-state index contributed by atoms with van der Waals surface area (Å²) < 4.78 is 7.95. The zero-order chi connectivity index (χ0) is 14.5. The zero-order valence-corrected chi connectivity index (χ0v) is 13.2. The van der Waals surface area contributed by atoms with Gasteiger partial charge in [0.1, 0.15) is 0 Å². The first-order valence-electron chi connectivity index (χ1n) is 7.58. The molecule has 1 aliphatic rings. The average Bonchev–Trinajstić information content (AvgIpc) is 2.96. The lowest BCUT2D eigenvalue weighted by Gasteiger charge is -2.21. The van der Waals surface area contributed by atoms with E-state index in [1.165, 1.54) is 18.4 Å². The maximum atomic E-state index is 6.10. The Morgan fingerprint density at radius 1 is 1.45 bits per heavy atom. The minimum atomic E-state index is 0.371. The summed E-state index contributed by atoms with van der Waals surface area (Å²) in [4.78, 5) is 2.32. The lowest BCUT2D eigenvalue weighted by Crippen LogP contribution is -2.34. The van der Waals surface area contributed by atoms with Crippen molar-refractivity contribution >= 4 is 0 Å². The summed E-state index contributed by atoms with van der Waals surface area (Å²) in [5, 5.41) is 7.66. The van der Waals surface area contributed by atoms with Gasteiger partial charge in [-0.3, -0.25) is 9.58 Å². The molecule has 1 N–H and O–H groups in total. The predicted molar refractivity (Wildman–Crippen MR) is 80.6 cm³/mol. The van der Waals surface area contributed by atoms with Crippen LogP contribution >= 0.6 is 0 Å². The van der Waals surface area contributed by atoms with E-state index in [9.17, 15) is 0 Å². The van der Waals surface area contributed by atoms with Crippen molar-refractivity contribution in [3.05, 3.63) is 18.0 Å². The molecule has 1 saturated heterocycles. The summed E-state index contributed by atoms with van der Waals surface area (Å²) >= 11 is 0. The van der Waals surface area contributed by atoms with Crippen molar-refractivity contribution in [3.63, 3.8) is 0 Å². The largest absolute Gasteiger partial charge is 0.372 e. The second-order valence-electron chi connectivity index (χ2n) is 6.24. The maximum absolute atomic E-state index is 6.10. The molecule has 0 radical (unpaired) electrons. The highest BCUT2D eigenvalue weighted by Crippen LogP contribution is 2.20. The lowest BCUT2D eigenvalue weighted by molar-refractivity contribution is 0.0259. The summed E-state index contributed by atoms with van der Waals surface area (Å²) in [6.45, 7) is 7.25. The second kappa shape index (κ2) is 7.20. The van der Waals surface area contributed by atoms with Crippen molar-refractivity contribution in [3.8, 4) is 0 Å². The standard InChI is InChI=1S/C15H28N4O/c1-12(2)16-8-14-5-6-15(20-14)11-18(3)9-13-7-17-19(4)10-13/h7,10,12,14-16H,5-6,8-9,11H2,1-4H3. The number of ether oxygens (including phenoxy) is 1. The van der Waals surface area contributed by atoms with Crippen LogP contribution in [0, 0.1) is 0 Å². The fourth-order valence-corrected chi connectivity index (χ4v) is 2.71. The van der Waals surface area contributed by atoms with Crippen LogP contribution in [-0.4, -0.2) is 53.1 Å². The highest BCUT2D eigenvalue weighted by Gasteiger charge is 2.26. The quantitative estimate of drug-likeness (QED) is 0.820. The number of nitrogens with zero attached hydrogens (tertiary/aromatic N) is 3. The summed E-state index contributed by atoms with van der Waals surface area (Å²) in [6.07, 6.45) is 7.10. The molecule has 2 atom stereocenters. The van der Waals surface area contributed by atoms with Crippen molar-refractivity contribution < 1.29 is 4.74 Å². The fourth-order valence-electron chi connectivity index (χ4n) is 2.71. The van der Waals surface area contributed by atoms with Gasteiger partial charge >= 0.3 is 0 Å². The van der Waals surface area contributed by atoms with Crippen LogP contribution in [0.4, 0.5) is 0 Å². The van der Waals surface area contributed by atoms with Crippen LogP contribution < -0.4 is 5.32 Å². The SMILES string of the molecule is CC(C)NCC1CCC(CN(C)Cc2cnn(C)c2)O1. The summed E-state index contributed by atoms with van der Waals surface area (Å²) in [6, 6.07) is 0.533. The fraction of sp³-hybridized carbons (Fsp3) is 0.800. The molecule has 2 unspecified atom stereocenters. The Hall–Kier alpha value is -0.910. The minimum Gasteiger partial charge on any atom is -0.372 e. The summed E-state index contributed by atoms with van der Waals surface area (Å²) in [7, 11) is 4.10. The van der Waals surface area contributed by atoms with E-state index in [2.05, 4.69) is 42.4 Å².